The molecular formula is C11H17N3O3. The Morgan fingerprint density at radius 1 is 1.59 bits per heavy atom. The van der Waals surface area contributed by atoms with Crippen molar-refractivity contribution in [2.45, 2.75) is 38.3 Å². The third kappa shape index (κ3) is 4.83. The molecule has 1 unspecified atom stereocenters. The number of carboxylic acids is 1. The summed E-state index contributed by atoms with van der Waals surface area (Å²) in [5, 5.41) is 19.9. The molecule has 94 valence electrons. The van der Waals surface area contributed by atoms with Crippen LogP contribution in [0.5, 0.6) is 0 Å². The van der Waals surface area contributed by atoms with Gasteiger partial charge >= 0.3 is 5.97 Å². The maximum Gasteiger partial charge on any atom is 0.327 e. The van der Waals surface area contributed by atoms with Gasteiger partial charge in [-0.3, -0.25) is 9.69 Å². The van der Waals surface area contributed by atoms with Crippen molar-refractivity contribution in [2.24, 2.45) is 0 Å². The van der Waals surface area contributed by atoms with Crippen LogP contribution in [0, 0.1) is 11.3 Å². The topological polar surface area (TPSA) is 93.4 Å². The molecule has 0 aromatic heterocycles. The zero-order valence-corrected chi connectivity index (χ0v) is 9.85. The van der Waals surface area contributed by atoms with Crippen molar-refractivity contribution in [3.63, 3.8) is 0 Å². The van der Waals surface area contributed by atoms with E-state index in [1.807, 2.05) is 11.0 Å². The second-order valence-corrected chi connectivity index (χ2v) is 4.23. The molecule has 1 fully saturated rings. The molecule has 1 rings (SSSR count). The summed E-state index contributed by atoms with van der Waals surface area (Å²) in [5.41, 5.74) is 0. The highest BCUT2D eigenvalue weighted by atomic mass is 16.4. The number of nitrogens with zero attached hydrogens (tertiary/aromatic N) is 2. The van der Waals surface area contributed by atoms with Gasteiger partial charge in [0, 0.05) is 32.5 Å². The molecule has 0 aromatic rings. The maximum absolute atomic E-state index is 11.0. The number of amides is 1. The predicted molar refractivity (Wildman–Crippen MR) is 60.1 cm³/mol. The van der Waals surface area contributed by atoms with E-state index >= 15 is 0 Å². The van der Waals surface area contributed by atoms with Gasteiger partial charge in [-0.1, -0.05) is 0 Å². The fourth-order valence-corrected chi connectivity index (χ4v) is 1.72. The van der Waals surface area contributed by atoms with Gasteiger partial charge in [-0.25, -0.2) is 4.79 Å². The summed E-state index contributed by atoms with van der Waals surface area (Å²) in [6.07, 6.45) is 2.46. The molecule has 6 heteroatoms. The molecule has 1 amide bonds. The molecule has 2 N–H and O–H groups in total. The van der Waals surface area contributed by atoms with E-state index in [4.69, 9.17) is 10.4 Å². The van der Waals surface area contributed by atoms with Gasteiger partial charge in [0.05, 0.1) is 6.07 Å². The number of carbonyl (C=O) groups is 2. The summed E-state index contributed by atoms with van der Waals surface area (Å²) in [4.78, 5) is 23.8. The number of nitrogens with one attached hydrogen (secondary N) is 1. The van der Waals surface area contributed by atoms with Gasteiger partial charge in [0.2, 0.25) is 5.91 Å². The summed E-state index contributed by atoms with van der Waals surface area (Å²) >= 11 is 0. The summed E-state index contributed by atoms with van der Waals surface area (Å²) in [5.74, 6) is -1.39. The second-order valence-electron chi connectivity index (χ2n) is 4.23. The molecule has 0 aromatic carbocycles. The van der Waals surface area contributed by atoms with Crippen molar-refractivity contribution in [3.8, 4) is 6.07 Å². The summed E-state index contributed by atoms with van der Waals surface area (Å²) in [6, 6.07) is 1.53. The summed E-state index contributed by atoms with van der Waals surface area (Å²) < 4.78 is 0. The standard InChI is InChI=1S/C11H17N3O3/c1-8(15)13-10(11(16)17)7-14(6-2-5-12)9-3-4-9/h9-10H,2-4,6-7H2,1H3,(H,13,15)(H,16,17). The van der Waals surface area contributed by atoms with E-state index < -0.39 is 12.0 Å². The molecule has 0 saturated heterocycles. The molecule has 0 bridgehead atoms. The minimum atomic E-state index is -1.04. The molecule has 1 aliphatic carbocycles. The molecule has 1 aliphatic rings. The Balaban J connectivity index is 2.52. The lowest BCUT2D eigenvalue weighted by Gasteiger charge is -2.24. The van der Waals surface area contributed by atoms with E-state index in [0.717, 1.165) is 12.8 Å². The van der Waals surface area contributed by atoms with Gasteiger partial charge in [-0.15, -0.1) is 0 Å². The first-order valence-corrected chi connectivity index (χ1v) is 5.65. The average molecular weight is 239 g/mol. The SMILES string of the molecule is CC(=O)NC(CN(CCC#N)C1CC1)C(=O)O. The highest BCUT2D eigenvalue weighted by Gasteiger charge is 2.32. The first kappa shape index (κ1) is 13.5. The van der Waals surface area contributed by atoms with Crippen molar-refractivity contribution in [2.75, 3.05) is 13.1 Å². The Labute approximate surface area is 100 Å². The minimum absolute atomic E-state index is 0.265. The van der Waals surface area contributed by atoms with Crippen molar-refractivity contribution in [1.82, 2.24) is 10.2 Å². The Morgan fingerprint density at radius 2 is 2.24 bits per heavy atom. The van der Waals surface area contributed by atoms with Crippen molar-refractivity contribution >= 4 is 11.9 Å². The van der Waals surface area contributed by atoms with Crippen LogP contribution in [-0.2, 0) is 9.59 Å². The molecule has 6 nitrogen and oxygen atoms in total. The molecule has 0 heterocycles. The number of carbonyl (C=O) groups excluding carboxylic acids is 1. The number of hydrogen-bond donors (Lipinski definition) is 2. The first-order valence-electron chi connectivity index (χ1n) is 5.65. The van der Waals surface area contributed by atoms with Crippen LogP contribution in [0.1, 0.15) is 26.2 Å². The van der Waals surface area contributed by atoms with E-state index in [1.54, 1.807) is 0 Å². The fourth-order valence-electron chi connectivity index (χ4n) is 1.72. The van der Waals surface area contributed by atoms with Crippen LogP contribution in [-0.4, -0.2) is 47.1 Å². The molecule has 17 heavy (non-hydrogen) atoms. The van der Waals surface area contributed by atoms with Crippen LogP contribution < -0.4 is 5.32 Å². The van der Waals surface area contributed by atoms with E-state index in [-0.39, 0.29) is 12.5 Å². The van der Waals surface area contributed by atoms with Crippen molar-refractivity contribution in [1.29, 1.82) is 5.26 Å². The van der Waals surface area contributed by atoms with E-state index in [2.05, 4.69) is 5.32 Å². The highest BCUT2D eigenvalue weighted by molar-refractivity contribution is 5.82. The van der Waals surface area contributed by atoms with Crippen LogP contribution in [0.15, 0.2) is 0 Å². The summed E-state index contributed by atoms with van der Waals surface area (Å²) in [7, 11) is 0. The Kier molecular flexibility index (Phi) is 4.91. The third-order valence-corrected chi connectivity index (χ3v) is 2.67. The molecular weight excluding hydrogens is 222 g/mol. The molecule has 0 aliphatic heterocycles. The third-order valence-electron chi connectivity index (χ3n) is 2.67. The predicted octanol–water partition coefficient (Wildman–Crippen LogP) is -0.0462. The molecule has 0 radical (unpaired) electrons. The summed E-state index contributed by atoms with van der Waals surface area (Å²) in [6.45, 7) is 2.12. The number of rotatable bonds is 7. The average Bonchev–Trinajstić information content (AvgIpc) is 3.05. The van der Waals surface area contributed by atoms with Gasteiger partial charge in [0.1, 0.15) is 6.04 Å². The van der Waals surface area contributed by atoms with Crippen LogP contribution in [0.3, 0.4) is 0 Å². The molecule has 1 saturated carbocycles. The Bertz CT molecular complexity index is 333. The maximum atomic E-state index is 11.0. The van der Waals surface area contributed by atoms with Crippen LogP contribution >= 0.6 is 0 Å². The van der Waals surface area contributed by atoms with Crippen LogP contribution in [0.4, 0.5) is 0 Å². The van der Waals surface area contributed by atoms with E-state index in [9.17, 15) is 9.59 Å². The monoisotopic (exact) mass is 239 g/mol. The first-order chi connectivity index (χ1) is 8.04. The van der Waals surface area contributed by atoms with Gasteiger partial charge in [-0.2, -0.15) is 5.26 Å². The number of carboxylic acid groups (broad SMARTS) is 1. The van der Waals surface area contributed by atoms with Gasteiger partial charge in [-0.05, 0) is 12.8 Å². The van der Waals surface area contributed by atoms with Gasteiger partial charge in [0.15, 0.2) is 0 Å². The minimum Gasteiger partial charge on any atom is -0.480 e. The van der Waals surface area contributed by atoms with Gasteiger partial charge < -0.3 is 10.4 Å². The Hall–Kier alpha value is -1.61. The lowest BCUT2D eigenvalue weighted by atomic mass is 10.2. The fraction of sp³-hybridized carbons (Fsp3) is 0.727. The molecule has 0 spiro atoms. The number of aliphatic carboxylic acids is 1. The quantitative estimate of drug-likeness (QED) is 0.650. The highest BCUT2D eigenvalue weighted by Crippen LogP contribution is 2.26. The smallest absolute Gasteiger partial charge is 0.327 e. The van der Waals surface area contributed by atoms with E-state index in [0.29, 0.717) is 19.0 Å². The van der Waals surface area contributed by atoms with Crippen LogP contribution in [0.2, 0.25) is 0 Å². The van der Waals surface area contributed by atoms with Crippen molar-refractivity contribution in [3.05, 3.63) is 0 Å². The second kappa shape index (κ2) is 6.21. The zero-order chi connectivity index (χ0) is 12.8. The zero-order valence-electron chi connectivity index (χ0n) is 9.85. The molecule has 1 atom stereocenters. The van der Waals surface area contributed by atoms with Gasteiger partial charge in [0.25, 0.3) is 0 Å². The number of hydrogen-bond acceptors (Lipinski definition) is 4. The van der Waals surface area contributed by atoms with Crippen LogP contribution in [0.25, 0.3) is 0 Å². The van der Waals surface area contributed by atoms with Crippen molar-refractivity contribution < 1.29 is 14.7 Å². The normalized spacial score (nSPS) is 16.3. The largest absolute Gasteiger partial charge is 0.480 e. The number of nitriles is 1. The lowest BCUT2D eigenvalue weighted by molar-refractivity contribution is -0.142. The van der Waals surface area contributed by atoms with E-state index in [1.165, 1.54) is 6.92 Å². The lowest BCUT2D eigenvalue weighted by Crippen LogP contribution is -2.48. The Morgan fingerprint density at radius 3 is 2.65 bits per heavy atom.